The second-order valence-electron chi connectivity index (χ2n) is 7.95. The predicted molar refractivity (Wildman–Crippen MR) is 89.8 cm³/mol. The zero-order chi connectivity index (χ0) is 14.8. The van der Waals surface area contributed by atoms with Crippen molar-refractivity contribution in [2.24, 2.45) is 10.8 Å². The van der Waals surface area contributed by atoms with E-state index in [1.54, 1.807) is 11.1 Å². The SMILES string of the molecule is CC1(C)C=C2[CH]C3=c4ccccc4=CC(C)(C)C3=C2CC1. The lowest BCUT2D eigenvalue weighted by Gasteiger charge is -2.31. The Hall–Kier alpha value is -1.56. The van der Waals surface area contributed by atoms with E-state index < -0.39 is 0 Å². The summed E-state index contributed by atoms with van der Waals surface area (Å²) >= 11 is 0. The summed E-state index contributed by atoms with van der Waals surface area (Å²) < 4.78 is 0. The number of rotatable bonds is 0. The topological polar surface area (TPSA) is 0 Å². The molecule has 0 fully saturated rings. The van der Waals surface area contributed by atoms with Crippen LogP contribution in [-0.4, -0.2) is 0 Å². The molecule has 107 valence electrons. The largest absolute Gasteiger partial charge is 0.0747 e. The van der Waals surface area contributed by atoms with E-state index >= 15 is 0 Å². The van der Waals surface area contributed by atoms with Gasteiger partial charge in [-0.3, -0.25) is 0 Å². The molecule has 4 rings (SSSR count). The summed E-state index contributed by atoms with van der Waals surface area (Å²) in [6.07, 6.45) is 9.86. The van der Waals surface area contributed by atoms with Crippen molar-refractivity contribution in [2.75, 3.05) is 0 Å². The Morgan fingerprint density at radius 1 is 0.952 bits per heavy atom. The molecule has 0 spiro atoms. The highest BCUT2D eigenvalue weighted by atomic mass is 14.4. The molecule has 0 saturated carbocycles. The fourth-order valence-corrected chi connectivity index (χ4v) is 4.24. The third-order valence-corrected chi connectivity index (χ3v) is 5.20. The zero-order valence-corrected chi connectivity index (χ0v) is 13.5. The molecular weight excluding hydrogens is 252 g/mol. The van der Waals surface area contributed by atoms with Gasteiger partial charge >= 0.3 is 0 Å². The molecule has 0 saturated heterocycles. The maximum absolute atomic E-state index is 2.49. The van der Waals surface area contributed by atoms with Crippen LogP contribution in [0.25, 0.3) is 11.6 Å². The first-order valence-corrected chi connectivity index (χ1v) is 8.02. The van der Waals surface area contributed by atoms with Crippen LogP contribution < -0.4 is 10.4 Å². The Kier molecular flexibility index (Phi) is 2.50. The van der Waals surface area contributed by atoms with E-state index in [9.17, 15) is 0 Å². The van der Waals surface area contributed by atoms with Crippen LogP contribution in [0.15, 0.2) is 47.1 Å². The van der Waals surface area contributed by atoms with Crippen LogP contribution in [-0.2, 0) is 0 Å². The van der Waals surface area contributed by atoms with E-state index in [1.165, 1.54) is 34.4 Å². The molecule has 0 aliphatic heterocycles. The van der Waals surface area contributed by atoms with Crippen molar-refractivity contribution in [1.82, 2.24) is 0 Å². The highest BCUT2D eigenvalue weighted by Crippen LogP contribution is 2.52. The van der Waals surface area contributed by atoms with Gasteiger partial charge < -0.3 is 0 Å². The van der Waals surface area contributed by atoms with Crippen molar-refractivity contribution >= 4 is 11.6 Å². The Bertz CT molecular complexity index is 810. The molecule has 0 unspecified atom stereocenters. The van der Waals surface area contributed by atoms with Gasteiger partial charge in [-0.2, -0.15) is 0 Å². The van der Waals surface area contributed by atoms with Crippen molar-refractivity contribution < 1.29 is 0 Å². The maximum atomic E-state index is 2.49. The van der Waals surface area contributed by atoms with Gasteiger partial charge in [0, 0.05) is 11.8 Å². The lowest BCUT2D eigenvalue weighted by atomic mass is 9.73. The molecule has 1 aromatic carbocycles. The standard InChI is InChI=1S/C21H23/c1-20(2)10-9-17-15(12-20)11-18-16-8-6-5-7-14(16)13-21(3,4)19(17)18/h5-8,11-13H,9-10H2,1-4H3. The van der Waals surface area contributed by atoms with Gasteiger partial charge in [0.2, 0.25) is 0 Å². The summed E-state index contributed by atoms with van der Waals surface area (Å²) in [5, 5.41) is 2.80. The van der Waals surface area contributed by atoms with E-state index in [4.69, 9.17) is 0 Å². The van der Waals surface area contributed by atoms with Gasteiger partial charge in [0.25, 0.3) is 0 Å². The van der Waals surface area contributed by atoms with Crippen LogP contribution in [0.1, 0.15) is 40.5 Å². The minimum absolute atomic E-state index is 0.132. The Morgan fingerprint density at radius 3 is 2.52 bits per heavy atom. The molecule has 21 heavy (non-hydrogen) atoms. The molecule has 0 N–H and O–H groups in total. The van der Waals surface area contributed by atoms with Crippen LogP contribution in [0.3, 0.4) is 0 Å². The molecule has 0 heteroatoms. The van der Waals surface area contributed by atoms with Crippen molar-refractivity contribution in [3.8, 4) is 0 Å². The molecule has 0 heterocycles. The number of fused-ring (bicyclic) bond motifs is 3. The second kappa shape index (κ2) is 4.00. The van der Waals surface area contributed by atoms with Gasteiger partial charge in [0.05, 0.1) is 0 Å². The van der Waals surface area contributed by atoms with Crippen LogP contribution in [0.5, 0.6) is 0 Å². The average Bonchev–Trinajstić information content (AvgIpc) is 2.76. The minimum atomic E-state index is 0.132. The van der Waals surface area contributed by atoms with Crippen molar-refractivity contribution in [2.45, 2.75) is 40.5 Å². The first-order chi connectivity index (χ1) is 9.87. The number of allylic oxidation sites excluding steroid dienone is 4. The summed E-state index contributed by atoms with van der Waals surface area (Å²) in [7, 11) is 0. The Labute approximate surface area is 127 Å². The van der Waals surface area contributed by atoms with Crippen molar-refractivity contribution in [3.63, 3.8) is 0 Å². The first-order valence-electron chi connectivity index (χ1n) is 8.02. The summed E-state index contributed by atoms with van der Waals surface area (Å²) in [6.45, 7) is 9.43. The summed E-state index contributed by atoms with van der Waals surface area (Å²) in [5.74, 6) is 0. The molecule has 0 amide bonds. The van der Waals surface area contributed by atoms with Gasteiger partial charge in [-0.05, 0) is 51.0 Å². The van der Waals surface area contributed by atoms with E-state index in [0.29, 0.717) is 5.41 Å². The monoisotopic (exact) mass is 275 g/mol. The van der Waals surface area contributed by atoms with Crippen molar-refractivity contribution in [1.29, 1.82) is 0 Å². The first kappa shape index (κ1) is 13.1. The molecule has 3 aliphatic rings. The average molecular weight is 275 g/mol. The highest BCUT2D eigenvalue weighted by molar-refractivity contribution is 5.89. The predicted octanol–water partition coefficient (Wildman–Crippen LogP) is 3.92. The smallest absolute Gasteiger partial charge is 0.0208 e. The van der Waals surface area contributed by atoms with Gasteiger partial charge in [-0.15, -0.1) is 0 Å². The molecular formula is C21H23. The van der Waals surface area contributed by atoms with Crippen LogP contribution in [0.4, 0.5) is 0 Å². The fourth-order valence-electron chi connectivity index (χ4n) is 4.24. The number of hydrogen-bond donors (Lipinski definition) is 0. The Morgan fingerprint density at radius 2 is 1.71 bits per heavy atom. The third kappa shape index (κ3) is 1.88. The molecule has 3 aliphatic carbocycles. The second-order valence-corrected chi connectivity index (χ2v) is 7.95. The maximum Gasteiger partial charge on any atom is 0.0208 e. The van der Waals surface area contributed by atoms with Crippen LogP contribution in [0, 0.1) is 17.3 Å². The molecule has 1 aromatic rings. The van der Waals surface area contributed by atoms with E-state index in [1.807, 2.05) is 0 Å². The normalized spacial score (nSPS) is 24.8. The summed E-state index contributed by atoms with van der Waals surface area (Å²) in [4.78, 5) is 0. The number of hydrogen-bond acceptors (Lipinski definition) is 0. The Balaban J connectivity index is 2.07. The number of benzene rings is 1. The van der Waals surface area contributed by atoms with Gasteiger partial charge in [0.1, 0.15) is 0 Å². The quantitative estimate of drug-likeness (QED) is 0.673. The molecule has 0 aromatic heterocycles. The fraction of sp³-hybridized carbons (Fsp3) is 0.381. The van der Waals surface area contributed by atoms with E-state index in [-0.39, 0.29) is 5.41 Å². The third-order valence-electron chi connectivity index (χ3n) is 5.20. The van der Waals surface area contributed by atoms with E-state index in [0.717, 1.165) is 0 Å². The summed E-state index contributed by atoms with van der Waals surface area (Å²) in [5.41, 5.74) is 6.58. The lowest BCUT2D eigenvalue weighted by molar-refractivity contribution is 0.422. The van der Waals surface area contributed by atoms with Gasteiger partial charge in [-0.1, -0.05) is 64.1 Å². The van der Waals surface area contributed by atoms with Gasteiger partial charge in [0.15, 0.2) is 0 Å². The minimum Gasteiger partial charge on any atom is -0.0747 e. The van der Waals surface area contributed by atoms with Crippen LogP contribution >= 0.6 is 0 Å². The lowest BCUT2D eigenvalue weighted by Crippen LogP contribution is -2.35. The van der Waals surface area contributed by atoms with Crippen LogP contribution in [0.2, 0.25) is 0 Å². The molecule has 0 bridgehead atoms. The molecule has 0 atom stereocenters. The van der Waals surface area contributed by atoms with Gasteiger partial charge in [-0.25, -0.2) is 0 Å². The van der Waals surface area contributed by atoms with E-state index in [2.05, 4.69) is 70.5 Å². The zero-order valence-electron chi connectivity index (χ0n) is 13.5. The molecule has 0 nitrogen and oxygen atoms in total. The van der Waals surface area contributed by atoms with Crippen molar-refractivity contribution in [3.05, 3.63) is 63.9 Å². The summed E-state index contributed by atoms with van der Waals surface area (Å²) in [6, 6.07) is 8.83. The highest BCUT2D eigenvalue weighted by Gasteiger charge is 2.38. The molecule has 1 radical (unpaired) electrons.